The number of carbonyl (C=O) groups is 2. The van der Waals surface area contributed by atoms with Crippen LogP contribution in [-0.4, -0.2) is 25.7 Å². The average molecular weight is 306 g/mol. The number of hydrogen-bond acceptors (Lipinski definition) is 4. The number of methoxy groups -OCH3 is 1. The SMILES string of the molecule is CCCCCCCCOC(=O)c1cccc(C)c1C(=O)OC. The zero-order valence-corrected chi connectivity index (χ0v) is 13.8. The molecule has 1 rings (SSSR count). The number of rotatable bonds is 9. The summed E-state index contributed by atoms with van der Waals surface area (Å²) < 4.78 is 10.0. The summed E-state index contributed by atoms with van der Waals surface area (Å²) in [6.07, 6.45) is 6.79. The van der Waals surface area contributed by atoms with Gasteiger partial charge in [0.15, 0.2) is 0 Å². The lowest BCUT2D eigenvalue weighted by Gasteiger charge is -2.10. The number of unbranched alkanes of at least 4 members (excludes halogenated alkanes) is 5. The lowest BCUT2D eigenvalue weighted by atomic mass is 10.0. The summed E-state index contributed by atoms with van der Waals surface area (Å²) in [4.78, 5) is 23.9. The highest BCUT2D eigenvalue weighted by Gasteiger charge is 2.20. The van der Waals surface area contributed by atoms with Gasteiger partial charge in [-0.15, -0.1) is 0 Å². The molecule has 0 unspecified atom stereocenters. The predicted molar refractivity (Wildman–Crippen MR) is 86.2 cm³/mol. The molecule has 122 valence electrons. The quantitative estimate of drug-likeness (QED) is 0.504. The van der Waals surface area contributed by atoms with E-state index in [2.05, 4.69) is 6.92 Å². The predicted octanol–water partition coefficient (Wildman–Crippen LogP) is 4.30. The molecule has 0 aliphatic rings. The average Bonchev–Trinajstić information content (AvgIpc) is 2.52. The summed E-state index contributed by atoms with van der Waals surface area (Å²) in [5.41, 5.74) is 1.27. The van der Waals surface area contributed by atoms with E-state index in [1.807, 2.05) is 0 Å². The largest absolute Gasteiger partial charge is 0.465 e. The number of esters is 2. The molecule has 0 heterocycles. The number of carbonyl (C=O) groups excluding carboxylic acids is 2. The molecule has 1 aromatic carbocycles. The van der Waals surface area contributed by atoms with E-state index in [0.717, 1.165) is 12.8 Å². The van der Waals surface area contributed by atoms with Gasteiger partial charge >= 0.3 is 11.9 Å². The van der Waals surface area contributed by atoms with Gasteiger partial charge in [0.1, 0.15) is 0 Å². The minimum absolute atomic E-state index is 0.276. The normalized spacial score (nSPS) is 10.3. The standard InChI is InChI=1S/C18H26O4/c1-4-5-6-7-8-9-13-22-17(19)15-12-10-11-14(2)16(15)18(20)21-3/h10-12H,4-9,13H2,1-3H3. The summed E-state index contributed by atoms with van der Waals surface area (Å²) in [5.74, 6) is -0.970. The maximum Gasteiger partial charge on any atom is 0.339 e. The first-order valence-electron chi connectivity index (χ1n) is 7.96. The third kappa shape index (κ3) is 5.51. The van der Waals surface area contributed by atoms with Crippen LogP contribution in [0.25, 0.3) is 0 Å². The van der Waals surface area contributed by atoms with Crippen molar-refractivity contribution in [1.82, 2.24) is 0 Å². The third-order valence-corrected chi connectivity index (χ3v) is 3.61. The van der Waals surface area contributed by atoms with E-state index < -0.39 is 11.9 Å². The molecule has 0 saturated heterocycles. The van der Waals surface area contributed by atoms with E-state index in [0.29, 0.717) is 12.2 Å². The molecule has 0 saturated carbocycles. The second kappa shape index (κ2) is 9.98. The number of benzene rings is 1. The van der Waals surface area contributed by atoms with Crippen LogP contribution in [0, 0.1) is 6.92 Å². The Morgan fingerprint density at radius 3 is 2.36 bits per heavy atom. The van der Waals surface area contributed by atoms with Gasteiger partial charge < -0.3 is 9.47 Å². The summed E-state index contributed by atoms with van der Waals surface area (Å²) in [6.45, 7) is 4.35. The second-order valence-electron chi connectivity index (χ2n) is 5.39. The fourth-order valence-corrected chi connectivity index (χ4v) is 2.34. The zero-order chi connectivity index (χ0) is 16.4. The van der Waals surface area contributed by atoms with Gasteiger partial charge in [-0.3, -0.25) is 0 Å². The van der Waals surface area contributed by atoms with Crippen molar-refractivity contribution in [2.45, 2.75) is 52.4 Å². The Kier molecular flexibility index (Phi) is 8.26. The van der Waals surface area contributed by atoms with Crippen LogP contribution >= 0.6 is 0 Å². The molecule has 0 bridgehead atoms. The Morgan fingerprint density at radius 2 is 1.68 bits per heavy atom. The van der Waals surface area contributed by atoms with E-state index in [9.17, 15) is 9.59 Å². The first kappa shape index (κ1) is 18.2. The minimum Gasteiger partial charge on any atom is -0.465 e. The van der Waals surface area contributed by atoms with Crippen molar-refractivity contribution in [1.29, 1.82) is 0 Å². The molecule has 0 atom stereocenters. The van der Waals surface area contributed by atoms with Crippen LogP contribution < -0.4 is 0 Å². The molecule has 0 N–H and O–H groups in total. The van der Waals surface area contributed by atoms with Gasteiger partial charge in [-0.1, -0.05) is 51.2 Å². The Bertz CT molecular complexity index is 494. The molecule has 0 aliphatic heterocycles. The molecule has 0 fully saturated rings. The Labute approximate surface area is 132 Å². The summed E-state index contributed by atoms with van der Waals surface area (Å²) in [7, 11) is 1.31. The van der Waals surface area contributed by atoms with Gasteiger partial charge in [0.05, 0.1) is 24.8 Å². The lowest BCUT2D eigenvalue weighted by Crippen LogP contribution is -2.15. The molecular weight excluding hydrogens is 280 g/mol. The van der Waals surface area contributed by atoms with Crippen molar-refractivity contribution in [2.75, 3.05) is 13.7 Å². The summed E-state index contributed by atoms with van der Waals surface area (Å²) in [5, 5.41) is 0. The maximum absolute atomic E-state index is 12.1. The van der Waals surface area contributed by atoms with Crippen molar-refractivity contribution < 1.29 is 19.1 Å². The van der Waals surface area contributed by atoms with Crippen LogP contribution in [0.2, 0.25) is 0 Å². The molecule has 4 heteroatoms. The highest BCUT2D eigenvalue weighted by atomic mass is 16.5. The molecule has 0 aromatic heterocycles. The highest BCUT2D eigenvalue weighted by Crippen LogP contribution is 2.17. The molecule has 4 nitrogen and oxygen atoms in total. The van der Waals surface area contributed by atoms with Gasteiger partial charge in [0, 0.05) is 0 Å². The topological polar surface area (TPSA) is 52.6 Å². The molecule has 0 amide bonds. The first-order chi connectivity index (χ1) is 10.6. The lowest BCUT2D eigenvalue weighted by molar-refractivity contribution is 0.0479. The van der Waals surface area contributed by atoms with E-state index in [4.69, 9.17) is 9.47 Å². The van der Waals surface area contributed by atoms with Crippen LogP contribution in [0.5, 0.6) is 0 Å². The van der Waals surface area contributed by atoms with Gasteiger partial charge in [-0.05, 0) is 25.0 Å². The van der Waals surface area contributed by atoms with E-state index >= 15 is 0 Å². The minimum atomic E-state index is -0.510. The van der Waals surface area contributed by atoms with Gasteiger partial charge in [-0.2, -0.15) is 0 Å². The zero-order valence-electron chi connectivity index (χ0n) is 13.8. The van der Waals surface area contributed by atoms with E-state index in [-0.39, 0.29) is 11.1 Å². The van der Waals surface area contributed by atoms with Crippen LogP contribution in [0.3, 0.4) is 0 Å². The number of hydrogen-bond donors (Lipinski definition) is 0. The second-order valence-corrected chi connectivity index (χ2v) is 5.39. The fraction of sp³-hybridized carbons (Fsp3) is 0.556. The van der Waals surface area contributed by atoms with Crippen molar-refractivity contribution >= 4 is 11.9 Å². The molecule has 0 aliphatic carbocycles. The summed E-state index contributed by atoms with van der Waals surface area (Å²) >= 11 is 0. The molecule has 0 spiro atoms. The fourth-order valence-electron chi connectivity index (χ4n) is 2.34. The number of aryl methyl sites for hydroxylation is 1. The molecule has 0 radical (unpaired) electrons. The molecule has 1 aromatic rings. The Balaban J connectivity index is 2.52. The Morgan fingerprint density at radius 1 is 1.00 bits per heavy atom. The third-order valence-electron chi connectivity index (χ3n) is 3.61. The van der Waals surface area contributed by atoms with Gasteiger partial charge in [-0.25, -0.2) is 9.59 Å². The van der Waals surface area contributed by atoms with Crippen molar-refractivity contribution in [2.24, 2.45) is 0 Å². The maximum atomic E-state index is 12.1. The van der Waals surface area contributed by atoms with Gasteiger partial charge in [0.2, 0.25) is 0 Å². The van der Waals surface area contributed by atoms with E-state index in [1.54, 1.807) is 25.1 Å². The summed E-state index contributed by atoms with van der Waals surface area (Å²) in [6, 6.07) is 5.11. The molecule has 22 heavy (non-hydrogen) atoms. The van der Waals surface area contributed by atoms with Crippen LogP contribution in [0.15, 0.2) is 18.2 Å². The van der Waals surface area contributed by atoms with Gasteiger partial charge in [0.25, 0.3) is 0 Å². The van der Waals surface area contributed by atoms with Crippen molar-refractivity contribution in [3.63, 3.8) is 0 Å². The monoisotopic (exact) mass is 306 g/mol. The Hall–Kier alpha value is -1.84. The smallest absolute Gasteiger partial charge is 0.339 e. The first-order valence-corrected chi connectivity index (χ1v) is 7.96. The molecular formula is C18H26O4. The number of ether oxygens (including phenoxy) is 2. The highest BCUT2D eigenvalue weighted by molar-refractivity contribution is 6.04. The van der Waals surface area contributed by atoms with Crippen molar-refractivity contribution in [3.8, 4) is 0 Å². The van der Waals surface area contributed by atoms with Crippen LogP contribution in [-0.2, 0) is 9.47 Å². The van der Waals surface area contributed by atoms with Crippen LogP contribution in [0.1, 0.15) is 71.7 Å². The van der Waals surface area contributed by atoms with Crippen LogP contribution in [0.4, 0.5) is 0 Å². The van der Waals surface area contributed by atoms with E-state index in [1.165, 1.54) is 32.8 Å². The van der Waals surface area contributed by atoms with Crippen molar-refractivity contribution in [3.05, 3.63) is 34.9 Å².